The number of benzene rings is 2. The van der Waals surface area contributed by atoms with Crippen LogP contribution in [0.5, 0.6) is 0 Å². The van der Waals surface area contributed by atoms with Gasteiger partial charge >= 0.3 is 0 Å². The fourth-order valence-corrected chi connectivity index (χ4v) is 5.12. The predicted molar refractivity (Wildman–Crippen MR) is 144 cm³/mol. The number of piperidine rings is 1. The third kappa shape index (κ3) is 7.57. The zero-order chi connectivity index (χ0) is 25.4. The van der Waals surface area contributed by atoms with Gasteiger partial charge in [0, 0.05) is 57.7 Å². The van der Waals surface area contributed by atoms with Crippen LogP contribution in [-0.2, 0) is 4.79 Å². The maximum atomic E-state index is 13.0. The Hall–Kier alpha value is -2.34. The van der Waals surface area contributed by atoms with Crippen LogP contribution in [0.15, 0.2) is 61.2 Å². The van der Waals surface area contributed by atoms with Crippen molar-refractivity contribution in [1.29, 1.82) is 0 Å². The molecular weight excluding hydrogens is 481 g/mol. The van der Waals surface area contributed by atoms with Gasteiger partial charge in [-0.15, -0.1) is 6.58 Å². The minimum atomic E-state index is 0.00279. The molecule has 7 heteroatoms. The summed E-state index contributed by atoms with van der Waals surface area (Å²) >= 11 is 12.5. The van der Waals surface area contributed by atoms with Crippen LogP contribution >= 0.6 is 23.2 Å². The number of likely N-dealkylation sites (tertiary alicyclic amines) is 1. The highest BCUT2D eigenvalue weighted by Gasteiger charge is 2.26. The Morgan fingerprint density at radius 3 is 2.40 bits per heavy atom. The third-order valence-corrected chi connectivity index (χ3v) is 7.54. The molecule has 1 saturated heterocycles. The summed E-state index contributed by atoms with van der Waals surface area (Å²) in [5.74, 6) is 0.229. The Balaban J connectivity index is 1.65. The number of likely N-dealkylation sites (N-methyl/N-ethyl adjacent to an activating group) is 1. The molecule has 5 nitrogen and oxygen atoms in total. The Kier molecular flexibility index (Phi) is 10.2. The van der Waals surface area contributed by atoms with E-state index in [2.05, 4.69) is 11.5 Å². The van der Waals surface area contributed by atoms with Crippen molar-refractivity contribution in [1.82, 2.24) is 14.7 Å². The summed E-state index contributed by atoms with van der Waals surface area (Å²) in [6.07, 6.45) is 4.59. The second-order valence-corrected chi connectivity index (χ2v) is 10.1. The Morgan fingerprint density at radius 2 is 1.80 bits per heavy atom. The van der Waals surface area contributed by atoms with Crippen LogP contribution in [0.1, 0.15) is 48.0 Å². The molecule has 0 N–H and O–H groups in total. The number of nitrogens with zero attached hydrogens (tertiary/aromatic N) is 3. The predicted octanol–water partition coefficient (Wildman–Crippen LogP) is 5.74. The SMILES string of the molecule is C=CCN(C(C)=O)C1CCN(CCC(CN(C)C(=O)c2ccccc2)c2ccc(Cl)c(Cl)c2)CC1. The fraction of sp³-hybridized carbons (Fsp3) is 0.429. The summed E-state index contributed by atoms with van der Waals surface area (Å²) in [6.45, 7) is 9.39. The summed E-state index contributed by atoms with van der Waals surface area (Å²) in [5.41, 5.74) is 1.76. The van der Waals surface area contributed by atoms with E-state index in [-0.39, 0.29) is 23.8 Å². The van der Waals surface area contributed by atoms with Crippen LogP contribution in [0.25, 0.3) is 0 Å². The van der Waals surface area contributed by atoms with Gasteiger partial charge in [-0.1, -0.05) is 53.5 Å². The largest absolute Gasteiger partial charge is 0.341 e. The van der Waals surface area contributed by atoms with E-state index in [0.29, 0.717) is 28.7 Å². The molecule has 35 heavy (non-hydrogen) atoms. The molecule has 0 aromatic heterocycles. The molecule has 0 aliphatic carbocycles. The molecular formula is C28H35Cl2N3O2. The van der Waals surface area contributed by atoms with E-state index >= 15 is 0 Å². The van der Waals surface area contributed by atoms with E-state index in [4.69, 9.17) is 23.2 Å². The molecule has 1 atom stereocenters. The molecule has 2 aromatic carbocycles. The van der Waals surface area contributed by atoms with Gasteiger partial charge in [0.1, 0.15) is 0 Å². The number of hydrogen-bond donors (Lipinski definition) is 0. The van der Waals surface area contributed by atoms with Crippen molar-refractivity contribution in [3.63, 3.8) is 0 Å². The lowest BCUT2D eigenvalue weighted by Crippen LogP contribution is -2.47. The topological polar surface area (TPSA) is 43.9 Å². The molecule has 1 aliphatic rings. The molecule has 1 unspecified atom stereocenters. The number of halogens is 2. The highest BCUT2D eigenvalue weighted by atomic mass is 35.5. The van der Waals surface area contributed by atoms with Crippen LogP contribution in [0.3, 0.4) is 0 Å². The van der Waals surface area contributed by atoms with Crippen molar-refractivity contribution in [2.45, 2.75) is 38.1 Å². The van der Waals surface area contributed by atoms with E-state index in [1.54, 1.807) is 17.9 Å². The first-order valence-corrected chi connectivity index (χ1v) is 12.9. The van der Waals surface area contributed by atoms with E-state index in [9.17, 15) is 9.59 Å². The molecule has 1 heterocycles. The van der Waals surface area contributed by atoms with E-state index in [0.717, 1.165) is 44.5 Å². The summed E-state index contributed by atoms with van der Waals surface area (Å²) in [4.78, 5) is 31.1. The zero-order valence-corrected chi connectivity index (χ0v) is 22.1. The van der Waals surface area contributed by atoms with Crippen molar-refractivity contribution in [3.8, 4) is 0 Å². The molecule has 2 amide bonds. The third-order valence-electron chi connectivity index (χ3n) is 6.80. The molecule has 2 aromatic rings. The standard InChI is InChI=1S/C28H35Cl2N3O2/c1-4-15-33(21(2)34)25-13-17-32(18-14-25)16-12-24(23-10-11-26(29)27(30)19-23)20-31(3)28(35)22-8-6-5-7-9-22/h4-11,19,24-25H,1,12-18,20H2,2-3H3. The number of rotatable bonds is 10. The molecule has 0 radical (unpaired) electrons. The van der Waals surface area contributed by atoms with Crippen molar-refractivity contribution >= 4 is 35.0 Å². The van der Waals surface area contributed by atoms with Crippen LogP contribution in [0.2, 0.25) is 10.0 Å². The summed E-state index contributed by atoms with van der Waals surface area (Å²) < 4.78 is 0. The van der Waals surface area contributed by atoms with Crippen LogP contribution in [0.4, 0.5) is 0 Å². The average Bonchev–Trinajstić information content (AvgIpc) is 2.87. The first-order chi connectivity index (χ1) is 16.8. The van der Waals surface area contributed by atoms with Crippen LogP contribution in [-0.4, -0.2) is 72.3 Å². The van der Waals surface area contributed by atoms with Gasteiger partial charge in [-0.3, -0.25) is 9.59 Å². The van der Waals surface area contributed by atoms with Gasteiger partial charge in [-0.05, 0) is 55.6 Å². The molecule has 188 valence electrons. The molecule has 1 fully saturated rings. The van der Waals surface area contributed by atoms with Crippen LogP contribution in [0, 0.1) is 0 Å². The molecule has 0 spiro atoms. The lowest BCUT2D eigenvalue weighted by atomic mass is 9.93. The van der Waals surface area contributed by atoms with Crippen molar-refractivity contribution in [3.05, 3.63) is 82.4 Å². The summed E-state index contributed by atoms with van der Waals surface area (Å²) in [5, 5.41) is 1.05. The summed E-state index contributed by atoms with van der Waals surface area (Å²) in [6, 6.07) is 15.4. The van der Waals surface area contributed by atoms with Gasteiger partial charge in [0.25, 0.3) is 5.91 Å². The minimum Gasteiger partial charge on any atom is -0.341 e. The maximum absolute atomic E-state index is 13.0. The number of hydrogen-bond acceptors (Lipinski definition) is 3. The van der Waals surface area contributed by atoms with Crippen molar-refractivity contribution < 1.29 is 9.59 Å². The van der Waals surface area contributed by atoms with Gasteiger partial charge in [0.2, 0.25) is 5.91 Å². The highest BCUT2D eigenvalue weighted by molar-refractivity contribution is 6.42. The van der Waals surface area contributed by atoms with Gasteiger partial charge in [0.05, 0.1) is 10.0 Å². The quantitative estimate of drug-likeness (QED) is 0.379. The normalized spacial score (nSPS) is 15.4. The Morgan fingerprint density at radius 1 is 1.11 bits per heavy atom. The zero-order valence-electron chi connectivity index (χ0n) is 20.6. The maximum Gasteiger partial charge on any atom is 0.253 e. The van der Waals surface area contributed by atoms with Gasteiger partial charge in [0.15, 0.2) is 0 Å². The summed E-state index contributed by atoms with van der Waals surface area (Å²) in [7, 11) is 1.85. The van der Waals surface area contributed by atoms with Crippen molar-refractivity contribution in [2.75, 3.05) is 39.8 Å². The minimum absolute atomic E-state index is 0.00279. The molecule has 0 saturated carbocycles. The fourth-order valence-electron chi connectivity index (χ4n) is 4.81. The van der Waals surface area contributed by atoms with E-state index < -0.39 is 0 Å². The first-order valence-electron chi connectivity index (χ1n) is 12.2. The smallest absolute Gasteiger partial charge is 0.253 e. The van der Waals surface area contributed by atoms with E-state index in [1.165, 1.54) is 0 Å². The van der Waals surface area contributed by atoms with Crippen LogP contribution < -0.4 is 0 Å². The number of carbonyl (C=O) groups is 2. The number of amides is 2. The lowest BCUT2D eigenvalue weighted by Gasteiger charge is -2.38. The molecule has 1 aliphatic heterocycles. The first kappa shape index (κ1) is 27.3. The Labute approximate surface area is 219 Å². The molecule has 0 bridgehead atoms. The van der Waals surface area contributed by atoms with Gasteiger partial charge in [-0.25, -0.2) is 0 Å². The molecule has 3 rings (SSSR count). The second kappa shape index (κ2) is 13.1. The number of carbonyl (C=O) groups excluding carboxylic acids is 2. The van der Waals surface area contributed by atoms with E-state index in [1.807, 2.05) is 60.5 Å². The van der Waals surface area contributed by atoms with Gasteiger partial charge in [-0.2, -0.15) is 0 Å². The monoisotopic (exact) mass is 515 g/mol. The highest BCUT2D eigenvalue weighted by Crippen LogP contribution is 2.29. The second-order valence-electron chi connectivity index (χ2n) is 9.24. The Bertz CT molecular complexity index is 1010. The lowest BCUT2D eigenvalue weighted by molar-refractivity contribution is -0.131. The average molecular weight is 517 g/mol. The van der Waals surface area contributed by atoms with Gasteiger partial charge < -0.3 is 14.7 Å². The van der Waals surface area contributed by atoms with Crippen molar-refractivity contribution in [2.24, 2.45) is 0 Å².